The molecule has 138 valence electrons. The Hall–Kier alpha value is -1.63. The fourth-order valence-electron chi connectivity index (χ4n) is 3.24. The van der Waals surface area contributed by atoms with E-state index in [1.165, 1.54) is 11.3 Å². The van der Waals surface area contributed by atoms with Crippen molar-refractivity contribution >= 4 is 34.0 Å². The van der Waals surface area contributed by atoms with Crippen molar-refractivity contribution < 1.29 is 9.53 Å². The highest BCUT2D eigenvalue weighted by Gasteiger charge is 2.21. The smallest absolute Gasteiger partial charge is 0.258 e. The van der Waals surface area contributed by atoms with Crippen LogP contribution >= 0.6 is 22.9 Å². The van der Waals surface area contributed by atoms with E-state index in [0.29, 0.717) is 21.6 Å². The first kappa shape index (κ1) is 17.8. The Morgan fingerprint density at radius 2 is 2.08 bits per heavy atom. The highest BCUT2D eigenvalue weighted by Crippen LogP contribution is 2.32. The van der Waals surface area contributed by atoms with Gasteiger partial charge in [0.2, 0.25) is 0 Å². The van der Waals surface area contributed by atoms with Crippen LogP contribution in [0.25, 0.3) is 0 Å². The van der Waals surface area contributed by atoms with Crippen molar-refractivity contribution in [1.29, 1.82) is 0 Å². The van der Waals surface area contributed by atoms with Gasteiger partial charge in [-0.1, -0.05) is 11.6 Å². The lowest BCUT2D eigenvalue weighted by Gasteiger charge is -2.26. The van der Waals surface area contributed by atoms with Gasteiger partial charge in [0.05, 0.1) is 16.7 Å². The number of hydrogen-bond acceptors (Lipinski definition) is 5. The molecular formula is C19H22ClN3O2S. The predicted molar refractivity (Wildman–Crippen MR) is 105 cm³/mol. The van der Waals surface area contributed by atoms with Crippen LogP contribution in [0.15, 0.2) is 24.4 Å². The third-order valence-electron chi connectivity index (χ3n) is 5.03. The molecule has 4 rings (SSSR count). The first-order valence-electron chi connectivity index (χ1n) is 9.13. The predicted octanol–water partition coefficient (Wildman–Crippen LogP) is 4.45. The van der Waals surface area contributed by atoms with Gasteiger partial charge in [-0.3, -0.25) is 10.1 Å². The molecule has 1 saturated carbocycles. The van der Waals surface area contributed by atoms with Crippen molar-refractivity contribution in [2.24, 2.45) is 0 Å². The minimum absolute atomic E-state index is 0.239. The summed E-state index contributed by atoms with van der Waals surface area (Å²) in [6.45, 7) is 2.07. The van der Waals surface area contributed by atoms with Crippen molar-refractivity contribution in [3.8, 4) is 5.75 Å². The summed E-state index contributed by atoms with van der Waals surface area (Å²) in [6.07, 6.45) is 7.79. The maximum atomic E-state index is 12.5. The Kier molecular flexibility index (Phi) is 5.43. The van der Waals surface area contributed by atoms with Gasteiger partial charge in [-0.05, 0) is 69.3 Å². The van der Waals surface area contributed by atoms with Crippen LogP contribution in [0.4, 0.5) is 5.13 Å². The number of nitrogens with one attached hydrogen (secondary N) is 2. The number of rotatable bonds is 5. The average molecular weight is 392 g/mol. The Morgan fingerprint density at radius 1 is 1.27 bits per heavy atom. The molecule has 0 bridgehead atoms. The Labute approximate surface area is 162 Å². The number of nitrogens with zero attached hydrogens (tertiary/aromatic N) is 1. The molecule has 1 aromatic carbocycles. The average Bonchev–Trinajstić information content (AvgIpc) is 3.07. The van der Waals surface area contributed by atoms with Crippen LogP contribution in [-0.2, 0) is 0 Å². The molecule has 1 aromatic heterocycles. The summed E-state index contributed by atoms with van der Waals surface area (Å²) in [6, 6.07) is 5.24. The quantitative estimate of drug-likeness (QED) is 0.790. The number of halogens is 1. The second-order valence-electron chi connectivity index (χ2n) is 6.86. The fraction of sp³-hybridized carbons (Fsp3) is 0.474. The van der Waals surface area contributed by atoms with Crippen LogP contribution in [0.3, 0.4) is 0 Å². The van der Waals surface area contributed by atoms with Gasteiger partial charge in [-0.25, -0.2) is 4.98 Å². The van der Waals surface area contributed by atoms with Gasteiger partial charge in [0, 0.05) is 11.1 Å². The molecular weight excluding hydrogens is 370 g/mol. The van der Waals surface area contributed by atoms with Crippen molar-refractivity contribution in [2.75, 3.05) is 18.4 Å². The van der Waals surface area contributed by atoms with Crippen LogP contribution in [0.2, 0.25) is 5.02 Å². The first-order valence-corrected chi connectivity index (χ1v) is 10.3. The molecule has 2 aromatic rings. The molecule has 0 atom stereocenters. The molecule has 1 saturated heterocycles. The van der Waals surface area contributed by atoms with Crippen molar-refractivity contribution in [3.63, 3.8) is 0 Å². The van der Waals surface area contributed by atoms with Gasteiger partial charge in [-0.2, -0.15) is 0 Å². The van der Waals surface area contributed by atoms with Crippen molar-refractivity contribution in [3.05, 3.63) is 39.9 Å². The number of piperidine rings is 1. The number of aromatic nitrogens is 1. The molecule has 1 amide bonds. The minimum atomic E-state index is -0.239. The lowest BCUT2D eigenvalue weighted by Crippen LogP contribution is -2.26. The first-order chi connectivity index (χ1) is 12.7. The van der Waals surface area contributed by atoms with E-state index in [1.807, 2.05) is 6.20 Å². The number of hydrogen-bond donors (Lipinski definition) is 2. The fourth-order valence-corrected chi connectivity index (χ4v) is 4.47. The Bertz CT molecular complexity index is 785. The Morgan fingerprint density at radius 3 is 2.77 bits per heavy atom. The SMILES string of the molecule is O=C(Nc1ncc(C2CCNCC2)s1)c1ccc(OC2CCC2)cc1Cl. The van der Waals surface area contributed by atoms with Crippen molar-refractivity contribution in [1.82, 2.24) is 10.3 Å². The summed E-state index contributed by atoms with van der Waals surface area (Å²) >= 11 is 7.85. The standard InChI is InChI=1S/C19H22ClN3O2S/c20-16-10-14(25-13-2-1-3-13)4-5-15(16)18(24)23-19-22-11-17(26-19)12-6-8-21-9-7-12/h4-5,10-13,21H,1-3,6-9H2,(H,22,23,24). The van der Waals surface area contributed by atoms with Gasteiger partial charge >= 0.3 is 0 Å². The number of thiazole rings is 1. The lowest BCUT2D eigenvalue weighted by atomic mass is 9.96. The van der Waals surface area contributed by atoms with Crippen LogP contribution in [0, 0.1) is 0 Å². The zero-order chi connectivity index (χ0) is 17.9. The van der Waals surface area contributed by atoms with E-state index >= 15 is 0 Å². The van der Waals surface area contributed by atoms with Gasteiger partial charge < -0.3 is 10.1 Å². The second-order valence-corrected chi connectivity index (χ2v) is 8.33. The van der Waals surface area contributed by atoms with E-state index in [1.54, 1.807) is 29.5 Å². The maximum absolute atomic E-state index is 12.5. The molecule has 7 heteroatoms. The lowest BCUT2D eigenvalue weighted by molar-refractivity contribution is 0.102. The summed E-state index contributed by atoms with van der Waals surface area (Å²) in [5, 5.41) is 7.25. The van der Waals surface area contributed by atoms with Gasteiger partial charge in [0.25, 0.3) is 5.91 Å². The van der Waals surface area contributed by atoms with Crippen LogP contribution < -0.4 is 15.4 Å². The van der Waals surface area contributed by atoms with E-state index in [4.69, 9.17) is 16.3 Å². The third kappa shape index (κ3) is 4.03. The summed E-state index contributed by atoms with van der Waals surface area (Å²) in [4.78, 5) is 18.1. The zero-order valence-electron chi connectivity index (χ0n) is 14.5. The van der Waals surface area contributed by atoms with Gasteiger partial charge in [0.1, 0.15) is 5.75 Å². The van der Waals surface area contributed by atoms with Crippen molar-refractivity contribution in [2.45, 2.75) is 44.1 Å². The summed E-state index contributed by atoms with van der Waals surface area (Å²) in [5.41, 5.74) is 0.436. The second kappa shape index (κ2) is 7.94. The van der Waals surface area contributed by atoms with Crippen LogP contribution in [0.5, 0.6) is 5.75 Å². The number of ether oxygens (including phenoxy) is 1. The molecule has 2 heterocycles. The number of amides is 1. The van der Waals surface area contributed by atoms with E-state index in [-0.39, 0.29) is 12.0 Å². The summed E-state index contributed by atoms with van der Waals surface area (Å²) in [7, 11) is 0. The summed E-state index contributed by atoms with van der Waals surface area (Å²) < 4.78 is 5.82. The minimum Gasteiger partial charge on any atom is -0.490 e. The Balaban J connectivity index is 1.40. The number of carbonyl (C=O) groups is 1. The third-order valence-corrected chi connectivity index (χ3v) is 6.41. The van der Waals surface area contributed by atoms with Gasteiger partial charge in [0.15, 0.2) is 5.13 Å². The van der Waals surface area contributed by atoms with Crippen LogP contribution in [0.1, 0.15) is 53.3 Å². The molecule has 26 heavy (non-hydrogen) atoms. The van der Waals surface area contributed by atoms with E-state index in [2.05, 4.69) is 15.6 Å². The highest BCUT2D eigenvalue weighted by atomic mass is 35.5. The van der Waals surface area contributed by atoms with E-state index in [9.17, 15) is 4.79 Å². The normalized spacial score (nSPS) is 18.3. The van der Waals surface area contributed by atoms with E-state index in [0.717, 1.165) is 44.5 Å². The molecule has 0 radical (unpaired) electrons. The zero-order valence-corrected chi connectivity index (χ0v) is 16.0. The molecule has 0 unspecified atom stereocenters. The van der Waals surface area contributed by atoms with Crippen LogP contribution in [-0.4, -0.2) is 30.1 Å². The van der Waals surface area contributed by atoms with E-state index < -0.39 is 0 Å². The topological polar surface area (TPSA) is 63.2 Å². The maximum Gasteiger partial charge on any atom is 0.258 e. The molecule has 2 aliphatic rings. The number of benzene rings is 1. The molecule has 5 nitrogen and oxygen atoms in total. The number of carbonyl (C=O) groups excluding carboxylic acids is 1. The number of anilines is 1. The molecule has 0 spiro atoms. The summed E-state index contributed by atoms with van der Waals surface area (Å²) in [5.74, 6) is 1.01. The largest absolute Gasteiger partial charge is 0.490 e. The van der Waals surface area contributed by atoms with Gasteiger partial charge in [-0.15, -0.1) is 11.3 Å². The molecule has 2 N–H and O–H groups in total. The highest BCUT2D eigenvalue weighted by molar-refractivity contribution is 7.15. The molecule has 1 aliphatic heterocycles. The molecule has 2 fully saturated rings. The molecule has 1 aliphatic carbocycles. The monoisotopic (exact) mass is 391 g/mol.